The van der Waals surface area contributed by atoms with Crippen LogP contribution in [0, 0.1) is 0 Å². The monoisotopic (exact) mass is 233 g/mol. The molecule has 0 N–H and O–H groups in total. The molecule has 0 spiro atoms. The Hall–Kier alpha value is -1.43. The van der Waals surface area contributed by atoms with Gasteiger partial charge in [-0.15, -0.1) is 6.58 Å². The van der Waals surface area contributed by atoms with E-state index in [1.165, 1.54) is 0 Å². The van der Waals surface area contributed by atoms with Gasteiger partial charge in [-0.2, -0.15) is 5.06 Å². The lowest BCUT2D eigenvalue weighted by molar-refractivity contribution is -0.153. The van der Waals surface area contributed by atoms with E-state index in [4.69, 9.17) is 9.25 Å². The third-order valence-corrected chi connectivity index (χ3v) is 3.01. The summed E-state index contributed by atoms with van der Waals surface area (Å²) in [5, 5.41) is 1.98. The standard InChI is InChI=1S/C12H15N3O2/c1-2-4-17-15-9-14-7-10(6-11(15)8-14)12-13-3-5-16-12/h2-3,5-6,11H,1,4,7-9H2/t11-/m1/s1. The van der Waals surface area contributed by atoms with Gasteiger partial charge in [-0.05, 0) is 0 Å². The molecule has 2 aliphatic heterocycles. The Bertz CT molecular complexity index is 427. The second-order valence-electron chi connectivity index (χ2n) is 4.25. The van der Waals surface area contributed by atoms with E-state index in [1.807, 2.05) is 5.06 Å². The number of rotatable bonds is 4. The minimum absolute atomic E-state index is 0.283. The molecule has 1 fully saturated rings. The van der Waals surface area contributed by atoms with Gasteiger partial charge in [0.1, 0.15) is 6.26 Å². The predicted octanol–water partition coefficient (Wildman–Crippen LogP) is 1.13. The zero-order chi connectivity index (χ0) is 11.7. The highest BCUT2D eigenvalue weighted by Crippen LogP contribution is 2.27. The van der Waals surface area contributed by atoms with E-state index in [0.29, 0.717) is 12.5 Å². The van der Waals surface area contributed by atoms with Crippen molar-refractivity contribution in [2.24, 2.45) is 0 Å². The van der Waals surface area contributed by atoms with Crippen LogP contribution in [-0.4, -0.2) is 47.4 Å². The van der Waals surface area contributed by atoms with E-state index in [9.17, 15) is 0 Å². The van der Waals surface area contributed by atoms with Gasteiger partial charge in [-0.3, -0.25) is 9.74 Å². The molecule has 2 atom stereocenters. The second kappa shape index (κ2) is 4.44. The molecule has 2 aliphatic rings. The zero-order valence-electron chi connectivity index (χ0n) is 9.58. The van der Waals surface area contributed by atoms with Crippen molar-refractivity contribution in [3.63, 3.8) is 0 Å². The van der Waals surface area contributed by atoms with Crippen molar-refractivity contribution < 1.29 is 9.25 Å². The highest BCUT2D eigenvalue weighted by atomic mass is 16.7. The molecule has 5 nitrogen and oxygen atoms in total. The van der Waals surface area contributed by atoms with Crippen molar-refractivity contribution in [2.45, 2.75) is 6.04 Å². The molecule has 0 aliphatic carbocycles. The second-order valence-corrected chi connectivity index (χ2v) is 4.25. The molecule has 3 heterocycles. The lowest BCUT2D eigenvalue weighted by Crippen LogP contribution is -2.30. The van der Waals surface area contributed by atoms with Crippen LogP contribution in [0.3, 0.4) is 0 Å². The number of nitrogens with zero attached hydrogens (tertiary/aromatic N) is 3. The van der Waals surface area contributed by atoms with E-state index < -0.39 is 0 Å². The van der Waals surface area contributed by atoms with Gasteiger partial charge in [0.2, 0.25) is 5.89 Å². The van der Waals surface area contributed by atoms with Crippen LogP contribution in [0.15, 0.2) is 35.6 Å². The molecule has 1 aromatic heterocycles. The van der Waals surface area contributed by atoms with Crippen LogP contribution >= 0.6 is 0 Å². The van der Waals surface area contributed by atoms with Crippen molar-refractivity contribution in [2.75, 3.05) is 26.4 Å². The molecular weight excluding hydrogens is 218 g/mol. The summed E-state index contributed by atoms with van der Waals surface area (Å²) in [6.45, 7) is 6.89. The molecule has 3 rings (SSSR count). The first-order valence-electron chi connectivity index (χ1n) is 5.70. The fourth-order valence-corrected chi connectivity index (χ4v) is 2.30. The Kier molecular flexibility index (Phi) is 2.80. The van der Waals surface area contributed by atoms with E-state index in [-0.39, 0.29) is 6.04 Å². The van der Waals surface area contributed by atoms with Gasteiger partial charge in [0, 0.05) is 18.7 Å². The quantitative estimate of drug-likeness (QED) is 0.729. The van der Waals surface area contributed by atoms with Crippen LogP contribution in [0.2, 0.25) is 0 Å². The molecule has 0 amide bonds. The fourth-order valence-electron chi connectivity index (χ4n) is 2.30. The molecule has 0 radical (unpaired) electrons. The summed E-state index contributed by atoms with van der Waals surface area (Å²) in [5.74, 6) is 0.713. The topological polar surface area (TPSA) is 41.7 Å². The van der Waals surface area contributed by atoms with Gasteiger partial charge in [0.25, 0.3) is 0 Å². The number of hydrogen-bond acceptors (Lipinski definition) is 5. The fraction of sp³-hybridized carbons (Fsp3) is 0.417. The van der Waals surface area contributed by atoms with Crippen molar-refractivity contribution >= 4 is 5.57 Å². The lowest BCUT2D eigenvalue weighted by Gasteiger charge is -2.20. The molecule has 1 saturated heterocycles. The molecule has 5 heteroatoms. The average molecular weight is 233 g/mol. The zero-order valence-corrected chi connectivity index (χ0v) is 9.58. The first kappa shape index (κ1) is 10.7. The van der Waals surface area contributed by atoms with Gasteiger partial charge >= 0.3 is 0 Å². The molecule has 0 aromatic carbocycles. The van der Waals surface area contributed by atoms with Crippen LogP contribution < -0.4 is 0 Å². The van der Waals surface area contributed by atoms with Crippen LogP contribution in [0.1, 0.15) is 5.89 Å². The SMILES string of the molecule is C=CCON1CN2CC(c3ncco3)=C[C@@H]1C2. The molecule has 0 saturated carbocycles. The summed E-state index contributed by atoms with van der Waals surface area (Å²) in [6.07, 6.45) is 7.22. The lowest BCUT2D eigenvalue weighted by atomic mass is 10.1. The Balaban J connectivity index is 1.76. The van der Waals surface area contributed by atoms with Crippen LogP contribution in [0.5, 0.6) is 0 Å². The number of aromatic nitrogens is 1. The first-order valence-corrected chi connectivity index (χ1v) is 5.70. The Morgan fingerprint density at radius 2 is 2.59 bits per heavy atom. The van der Waals surface area contributed by atoms with E-state index in [1.54, 1.807) is 18.5 Å². The van der Waals surface area contributed by atoms with Crippen LogP contribution in [-0.2, 0) is 4.84 Å². The Morgan fingerprint density at radius 3 is 3.35 bits per heavy atom. The highest BCUT2D eigenvalue weighted by Gasteiger charge is 2.35. The van der Waals surface area contributed by atoms with Gasteiger partial charge < -0.3 is 4.42 Å². The van der Waals surface area contributed by atoms with Crippen molar-refractivity contribution in [3.8, 4) is 0 Å². The predicted molar refractivity (Wildman–Crippen MR) is 62.7 cm³/mol. The molecule has 17 heavy (non-hydrogen) atoms. The molecule has 1 unspecified atom stereocenters. The molecule has 90 valence electrons. The maximum atomic E-state index is 5.61. The maximum absolute atomic E-state index is 5.61. The minimum atomic E-state index is 0.283. The van der Waals surface area contributed by atoms with E-state index in [2.05, 4.69) is 22.5 Å². The summed E-state index contributed by atoms with van der Waals surface area (Å²) in [6, 6.07) is 0.283. The van der Waals surface area contributed by atoms with E-state index >= 15 is 0 Å². The normalized spacial score (nSPS) is 28.1. The first-order chi connectivity index (χ1) is 8.36. The number of hydroxylamine groups is 2. The van der Waals surface area contributed by atoms with Crippen molar-refractivity contribution in [1.29, 1.82) is 0 Å². The van der Waals surface area contributed by atoms with E-state index in [0.717, 1.165) is 25.3 Å². The summed E-state index contributed by atoms with van der Waals surface area (Å²) in [7, 11) is 0. The van der Waals surface area contributed by atoms with Gasteiger partial charge in [-0.25, -0.2) is 4.98 Å². The average Bonchev–Trinajstić information content (AvgIpc) is 2.95. The summed E-state index contributed by atoms with van der Waals surface area (Å²) in [5.41, 5.74) is 1.14. The molecule has 2 bridgehead atoms. The smallest absolute Gasteiger partial charge is 0.222 e. The maximum Gasteiger partial charge on any atom is 0.222 e. The van der Waals surface area contributed by atoms with Crippen molar-refractivity contribution in [3.05, 3.63) is 37.1 Å². The summed E-state index contributed by atoms with van der Waals surface area (Å²) >= 11 is 0. The third kappa shape index (κ3) is 2.04. The third-order valence-electron chi connectivity index (χ3n) is 3.01. The largest absolute Gasteiger partial charge is 0.445 e. The number of fused-ring (bicyclic) bond motifs is 2. The molecular formula is C12H15N3O2. The van der Waals surface area contributed by atoms with Gasteiger partial charge in [0.15, 0.2) is 0 Å². The number of oxazole rings is 1. The number of hydrogen-bond donors (Lipinski definition) is 0. The Labute approximate surface area is 99.9 Å². The summed E-state index contributed by atoms with van der Waals surface area (Å²) < 4.78 is 5.33. The Morgan fingerprint density at radius 1 is 1.65 bits per heavy atom. The van der Waals surface area contributed by atoms with Gasteiger partial charge in [-0.1, -0.05) is 12.2 Å². The van der Waals surface area contributed by atoms with Crippen LogP contribution in [0.4, 0.5) is 0 Å². The van der Waals surface area contributed by atoms with Crippen LogP contribution in [0.25, 0.3) is 5.57 Å². The highest BCUT2D eigenvalue weighted by molar-refractivity contribution is 5.62. The minimum Gasteiger partial charge on any atom is -0.445 e. The molecule has 1 aromatic rings. The van der Waals surface area contributed by atoms with Gasteiger partial charge in [0.05, 0.1) is 25.5 Å². The van der Waals surface area contributed by atoms with Crippen molar-refractivity contribution in [1.82, 2.24) is 14.9 Å². The summed E-state index contributed by atoms with van der Waals surface area (Å²) in [4.78, 5) is 12.1.